The maximum atomic E-state index is 10.8. The molecule has 0 amide bonds. The minimum atomic E-state index is -0.136. The molecule has 0 aromatic carbocycles. The monoisotopic (exact) mass is 282 g/mol. The zero-order chi connectivity index (χ0) is 14.2. The molecule has 19 heavy (non-hydrogen) atoms. The Labute approximate surface area is 122 Å². The van der Waals surface area contributed by atoms with Crippen molar-refractivity contribution in [2.75, 3.05) is 18.6 Å². The van der Waals surface area contributed by atoms with Crippen LogP contribution in [0.1, 0.15) is 45.4 Å². The molecule has 0 spiro atoms. The van der Waals surface area contributed by atoms with E-state index in [0.717, 1.165) is 24.3 Å². The van der Waals surface area contributed by atoms with E-state index in [9.17, 15) is 4.79 Å². The smallest absolute Gasteiger partial charge is 0.305 e. The summed E-state index contributed by atoms with van der Waals surface area (Å²) in [7, 11) is 1.42. The Balaban J connectivity index is 3.37. The van der Waals surface area contributed by atoms with Crippen LogP contribution in [0.25, 0.3) is 0 Å². The third-order valence-corrected chi connectivity index (χ3v) is 3.33. The minimum Gasteiger partial charge on any atom is -0.469 e. The van der Waals surface area contributed by atoms with Crippen molar-refractivity contribution >= 4 is 17.7 Å². The number of unbranched alkanes of at least 4 members (excludes halogenated alkanes) is 3. The molecule has 2 nitrogen and oxygen atoms in total. The van der Waals surface area contributed by atoms with Crippen molar-refractivity contribution < 1.29 is 9.53 Å². The average molecular weight is 282 g/mol. The van der Waals surface area contributed by atoms with Crippen LogP contribution in [-0.4, -0.2) is 24.6 Å². The Morgan fingerprint density at radius 2 is 2.00 bits per heavy atom. The number of carbonyl (C=O) groups is 1. The molecule has 0 saturated carbocycles. The van der Waals surface area contributed by atoms with E-state index >= 15 is 0 Å². The Kier molecular flexibility index (Phi) is 14.4. The van der Waals surface area contributed by atoms with Gasteiger partial charge in [-0.25, -0.2) is 0 Å². The van der Waals surface area contributed by atoms with Gasteiger partial charge in [0, 0.05) is 17.9 Å². The minimum absolute atomic E-state index is 0.136. The van der Waals surface area contributed by atoms with Crippen molar-refractivity contribution in [3.63, 3.8) is 0 Å². The summed E-state index contributed by atoms with van der Waals surface area (Å²) < 4.78 is 4.57. The summed E-state index contributed by atoms with van der Waals surface area (Å²) >= 11 is 1.88. The molecule has 3 heteroatoms. The van der Waals surface area contributed by atoms with Crippen LogP contribution in [0.5, 0.6) is 0 Å². The van der Waals surface area contributed by atoms with E-state index in [-0.39, 0.29) is 5.97 Å². The number of hydrogen-bond donors (Lipinski definition) is 0. The van der Waals surface area contributed by atoms with Gasteiger partial charge in [0.25, 0.3) is 0 Å². The van der Waals surface area contributed by atoms with Crippen molar-refractivity contribution in [3.05, 3.63) is 30.0 Å². The lowest BCUT2D eigenvalue weighted by molar-refractivity contribution is -0.140. The van der Waals surface area contributed by atoms with E-state index in [1.807, 2.05) is 23.9 Å². The SMILES string of the molecule is CCCC/C=C\CSCC=C=CCCCC(=O)OC. The second-order valence-electron chi connectivity index (χ2n) is 4.19. The Hall–Kier alpha value is -0.920. The number of hydrogen-bond acceptors (Lipinski definition) is 3. The van der Waals surface area contributed by atoms with E-state index in [0.29, 0.717) is 6.42 Å². The summed E-state index contributed by atoms with van der Waals surface area (Å²) in [5, 5.41) is 0. The summed E-state index contributed by atoms with van der Waals surface area (Å²) in [5.41, 5.74) is 3.14. The fraction of sp³-hybridized carbons (Fsp3) is 0.625. The highest BCUT2D eigenvalue weighted by Gasteiger charge is 1.96. The second-order valence-corrected chi connectivity index (χ2v) is 5.27. The summed E-state index contributed by atoms with van der Waals surface area (Å²) in [5.74, 6) is 1.93. The van der Waals surface area contributed by atoms with Crippen molar-refractivity contribution in [2.45, 2.75) is 45.4 Å². The van der Waals surface area contributed by atoms with Gasteiger partial charge in [-0.2, -0.15) is 11.8 Å². The Bertz CT molecular complexity index is 302. The van der Waals surface area contributed by atoms with Crippen LogP contribution in [0.4, 0.5) is 0 Å². The van der Waals surface area contributed by atoms with E-state index in [2.05, 4.69) is 29.5 Å². The van der Waals surface area contributed by atoms with Crippen LogP contribution in [0.2, 0.25) is 0 Å². The molecule has 0 fully saturated rings. The molecule has 0 bridgehead atoms. The largest absolute Gasteiger partial charge is 0.469 e. The number of thioether (sulfide) groups is 1. The molecule has 0 N–H and O–H groups in total. The van der Waals surface area contributed by atoms with Gasteiger partial charge in [0.05, 0.1) is 7.11 Å². The lowest BCUT2D eigenvalue weighted by Crippen LogP contribution is -1.98. The lowest BCUT2D eigenvalue weighted by atomic mass is 10.2. The van der Waals surface area contributed by atoms with Crippen LogP contribution < -0.4 is 0 Å². The molecule has 0 aromatic rings. The zero-order valence-electron chi connectivity index (χ0n) is 12.2. The summed E-state index contributed by atoms with van der Waals surface area (Å²) in [6, 6.07) is 0. The predicted molar refractivity (Wildman–Crippen MR) is 84.5 cm³/mol. The zero-order valence-corrected chi connectivity index (χ0v) is 13.0. The summed E-state index contributed by atoms with van der Waals surface area (Å²) in [6.07, 6.45) is 14.5. The van der Waals surface area contributed by atoms with Crippen molar-refractivity contribution in [1.29, 1.82) is 0 Å². The standard InChI is InChI=1S/C16H26O2S/c1-3-4-5-8-11-14-19-15-12-9-6-7-10-13-16(17)18-2/h6,8,11-12H,3-5,7,10,13-15H2,1-2H3/b11-8-. The summed E-state index contributed by atoms with van der Waals surface area (Å²) in [6.45, 7) is 2.21. The quantitative estimate of drug-likeness (QED) is 0.241. The molecule has 0 aromatic heterocycles. The first-order valence-corrected chi connectivity index (χ1v) is 8.15. The number of rotatable bonds is 11. The molecule has 108 valence electrons. The van der Waals surface area contributed by atoms with Crippen molar-refractivity contribution in [1.82, 2.24) is 0 Å². The number of ether oxygens (including phenoxy) is 1. The van der Waals surface area contributed by atoms with Gasteiger partial charge in [-0.1, -0.05) is 31.9 Å². The third kappa shape index (κ3) is 15.0. The molecular weight excluding hydrogens is 256 g/mol. The van der Waals surface area contributed by atoms with Gasteiger partial charge in [-0.3, -0.25) is 4.79 Å². The maximum Gasteiger partial charge on any atom is 0.305 e. The lowest BCUT2D eigenvalue weighted by Gasteiger charge is -1.94. The van der Waals surface area contributed by atoms with Gasteiger partial charge >= 0.3 is 5.97 Å². The average Bonchev–Trinajstić information content (AvgIpc) is 2.43. The highest BCUT2D eigenvalue weighted by molar-refractivity contribution is 7.99. The van der Waals surface area contributed by atoms with Crippen LogP contribution in [0.15, 0.2) is 30.0 Å². The number of allylic oxidation sites excluding steroid dienone is 1. The Morgan fingerprint density at radius 3 is 2.74 bits per heavy atom. The van der Waals surface area contributed by atoms with Gasteiger partial charge in [-0.15, -0.1) is 5.73 Å². The molecule has 0 rings (SSSR count). The fourth-order valence-electron chi connectivity index (χ4n) is 1.37. The van der Waals surface area contributed by atoms with Crippen LogP contribution in [0, 0.1) is 0 Å². The first-order chi connectivity index (χ1) is 9.31. The molecule has 0 radical (unpaired) electrons. The molecule has 0 saturated heterocycles. The van der Waals surface area contributed by atoms with E-state index in [1.54, 1.807) is 0 Å². The molecule has 0 heterocycles. The van der Waals surface area contributed by atoms with Gasteiger partial charge in [0.2, 0.25) is 0 Å². The van der Waals surface area contributed by atoms with Crippen LogP contribution in [-0.2, 0) is 9.53 Å². The molecule has 0 aliphatic carbocycles. The normalized spacial score (nSPS) is 10.2. The third-order valence-electron chi connectivity index (χ3n) is 2.50. The molecule has 0 aliphatic heterocycles. The maximum absolute atomic E-state index is 10.8. The molecule has 0 atom stereocenters. The van der Waals surface area contributed by atoms with E-state index in [1.165, 1.54) is 26.4 Å². The second kappa shape index (κ2) is 15.1. The van der Waals surface area contributed by atoms with Crippen LogP contribution in [0.3, 0.4) is 0 Å². The van der Waals surface area contributed by atoms with E-state index in [4.69, 9.17) is 0 Å². The topological polar surface area (TPSA) is 26.3 Å². The van der Waals surface area contributed by atoms with Gasteiger partial charge < -0.3 is 4.74 Å². The fourth-order valence-corrected chi connectivity index (χ4v) is 1.99. The highest BCUT2D eigenvalue weighted by Crippen LogP contribution is 2.02. The number of methoxy groups -OCH3 is 1. The molecular formula is C16H26O2S. The number of carbonyl (C=O) groups excluding carboxylic acids is 1. The van der Waals surface area contributed by atoms with Gasteiger partial charge in [0.15, 0.2) is 0 Å². The first-order valence-electron chi connectivity index (χ1n) is 7.00. The molecule has 0 aliphatic rings. The highest BCUT2D eigenvalue weighted by atomic mass is 32.2. The molecule has 0 unspecified atom stereocenters. The van der Waals surface area contributed by atoms with E-state index < -0.39 is 0 Å². The van der Waals surface area contributed by atoms with Gasteiger partial charge in [0.1, 0.15) is 0 Å². The Morgan fingerprint density at radius 1 is 1.16 bits per heavy atom. The van der Waals surface area contributed by atoms with Gasteiger partial charge in [-0.05, 0) is 31.4 Å². The number of esters is 1. The predicted octanol–water partition coefficient (Wildman–Crippen LogP) is 4.52. The summed E-state index contributed by atoms with van der Waals surface area (Å²) in [4.78, 5) is 10.8. The first kappa shape index (κ1) is 18.1. The van der Waals surface area contributed by atoms with Crippen molar-refractivity contribution in [3.8, 4) is 0 Å². The van der Waals surface area contributed by atoms with Crippen molar-refractivity contribution in [2.24, 2.45) is 0 Å². The van der Waals surface area contributed by atoms with Crippen LogP contribution >= 0.6 is 11.8 Å².